The maximum atomic E-state index is 5.58. The molecule has 0 N–H and O–H groups in total. The van der Waals surface area contributed by atoms with Crippen LogP contribution >= 0.6 is 0 Å². The third-order valence-corrected chi connectivity index (χ3v) is 3.51. The zero-order valence-corrected chi connectivity index (χ0v) is 11.4. The van der Waals surface area contributed by atoms with Crippen LogP contribution in [-0.4, -0.2) is 43.0 Å². The molecule has 1 atom stereocenters. The highest BCUT2D eigenvalue weighted by molar-refractivity contribution is 5.05. The van der Waals surface area contributed by atoms with Gasteiger partial charge in [0.25, 0.3) is 0 Å². The topological polar surface area (TPSA) is 47.7 Å². The van der Waals surface area contributed by atoms with Crippen molar-refractivity contribution < 1.29 is 14.0 Å². The first kappa shape index (κ1) is 13.5. The Morgan fingerprint density at radius 2 is 2.33 bits per heavy atom. The van der Waals surface area contributed by atoms with E-state index in [9.17, 15) is 0 Å². The van der Waals surface area contributed by atoms with Crippen LogP contribution in [0.5, 0.6) is 0 Å². The Labute approximate surface area is 108 Å². The maximum Gasteiger partial charge on any atom is 0.162 e. The van der Waals surface area contributed by atoms with E-state index < -0.39 is 0 Å². The number of methoxy groups -OCH3 is 2. The normalized spacial score (nSPS) is 25.5. The number of likely N-dealkylation sites (tertiary alicyclic amines) is 1. The minimum absolute atomic E-state index is 0.0304. The van der Waals surface area contributed by atoms with E-state index in [1.54, 1.807) is 14.2 Å². The molecule has 102 valence electrons. The molecule has 2 rings (SSSR count). The molecule has 0 aliphatic carbocycles. The lowest BCUT2D eigenvalue weighted by Gasteiger charge is -2.39. The van der Waals surface area contributed by atoms with Gasteiger partial charge in [-0.2, -0.15) is 0 Å². The molecule has 1 fully saturated rings. The molecule has 0 saturated carbocycles. The molecular formula is C13H22N2O3. The molecule has 0 radical (unpaired) electrons. The predicted molar refractivity (Wildman–Crippen MR) is 67.1 cm³/mol. The fourth-order valence-corrected chi connectivity index (χ4v) is 2.48. The summed E-state index contributed by atoms with van der Waals surface area (Å²) in [7, 11) is 3.44. The first-order chi connectivity index (χ1) is 8.65. The average Bonchev–Trinajstić information content (AvgIpc) is 2.77. The number of nitrogens with zero attached hydrogens (tertiary/aromatic N) is 2. The van der Waals surface area contributed by atoms with Gasteiger partial charge in [0.2, 0.25) is 0 Å². The van der Waals surface area contributed by atoms with Gasteiger partial charge in [0.15, 0.2) is 5.76 Å². The van der Waals surface area contributed by atoms with Crippen molar-refractivity contribution in [2.24, 2.45) is 0 Å². The molecule has 18 heavy (non-hydrogen) atoms. The summed E-state index contributed by atoms with van der Waals surface area (Å²) in [6.07, 6.45) is 2.28. The Morgan fingerprint density at radius 3 is 3.06 bits per heavy atom. The summed E-state index contributed by atoms with van der Waals surface area (Å²) in [5, 5.41) is 4.07. The Morgan fingerprint density at radius 1 is 1.50 bits per heavy atom. The van der Waals surface area contributed by atoms with Crippen molar-refractivity contribution in [3.63, 3.8) is 0 Å². The predicted octanol–water partition coefficient (Wildman–Crippen LogP) is 1.82. The van der Waals surface area contributed by atoms with Crippen LogP contribution in [0, 0.1) is 0 Å². The molecule has 1 aromatic heterocycles. The van der Waals surface area contributed by atoms with Gasteiger partial charge in [-0.05, 0) is 26.3 Å². The second-order valence-corrected chi connectivity index (χ2v) is 5.19. The summed E-state index contributed by atoms with van der Waals surface area (Å²) in [6, 6.07) is 1.96. The first-order valence-electron chi connectivity index (χ1n) is 6.36. The maximum absolute atomic E-state index is 5.58. The molecule has 0 aromatic carbocycles. The van der Waals surface area contributed by atoms with Gasteiger partial charge in [-0.3, -0.25) is 4.90 Å². The first-order valence-corrected chi connectivity index (χ1v) is 6.36. The molecular weight excluding hydrogens is 232 g/mol. The second kappa shape index (κ2) is 5.82. The van der Waals surface area contributed by atoms with E-state index in [0.717, 1.165) is 43.9 Å². The number of hydrogen-bond donors (Lipinski definition) is 0. The molecule has 0 amide bonds. The van der Waals surface area contributed by atoms with Crippen LogP contribution < -0.4 is 0 Å². The van der Waals surface area contributed by atoms with E-state index in [1.807, 2.05) is 6.07 Å². The summed E-state index contributed by atoms with van der Waals surface area (Å²) >= 11 is 0. The third kappa shape index (κ3) is 3.31. The second-order valence-electron chi connectivity index (χ2n) is 5.19. The van der Waals surface area contributed by atoms with Crippen molar-refractivity contribution in [1.82, 2.24) is 10.1 Å². The lowest BCUT2D eigenvalue weighted by atomic mass is 9.95. The lowest BCUT2D eigenvalue weighted by molar-refractivity contribution is -0.0530. The van der Waals surface area contributed by atoms with E-state index in [0.29, 0.717) is 6.61 Å². The quantitative estimate of drug-likeness (QED) is 0.802. The highest BCUT2D eigenvalue weighted by atomic mass is 16.5. The van der Waals surface area contributed by atoms with Crippen LogP contribution in [0.2, 0.25) is 0 Å². The fraction of sp³-hybridized carbons (Fsp3) is 0.769. The average molecular weight is 254 g/mol. The van der Waals surface area contributed by atoms with E-state index in [4.69, 9.17) is 14.0 Å². The van der Waals surface area contributed by atoms with E-state index in [1.165, 1.54) is 0 Å². The Kier molecular flexibility index (Phi) is 4.37. The van der Waals surface area contributed by atoms with Gasteiger partial charge >= 0.3 is 0 Å². The molecule has 1 aliphatic heterocycles. The number of aromatic nitrogens is 1. The highest BCUT2D eigenvalue weighted by Crippen LogP contribution is 2.24. The van der Waals surface area contributed by atoms with Crippen LogP contribution in [0.15, 0.2) is 10.6 Å². The Balaban J connectivity index is 1.92. The van der Waals surface area contributed by atoms with Crippen molar-refractivity contribution in [3.05, 3.63) is 17.5 Å². The molecule has 5 nitrogen and oxygen atoms in total. The minimum atomic E-state index is -0.0304. The van der Waals surface area contributed by atoms with Gasteiger partial charge in [-0.15, -0.1) is 0 Å². The molecule has 0 spiro atoms. The molecule has 1 unspecified atom stereocenters. The number of piperidine rings is 1. The Hall–Kier alpha value is -0.910. The van der Waals surface area contributed by atoms with Crippen LogP contribution in [-0.2, 0) is 22.6 Å². The highest BCUT2D eigenvalue weighted by Gasteiger charge is 2.30. The summed E-state index contributed by atoms with van der Waals surface area (Å²) < 4.78 is 15.8. The lowest BCUT2D eigenvalue weighted by Crippen LogP contribution is -2.46. The molecule has 1 aliphatic rings. The number of hydrogen-bond acceptors (Lipinski definition) is 5. The zero-order chi connectivity index (χ0) is 13.0. The number of ether oxygens (including phenoxy) is 2. The molecule has 1 saturated heterocycles. The summed E-state index contributed by atoms with van der Waals surface area (Å²) in [6.45, 7) is 5.48. The molecule has 0 bridgehead atoms. The molecule has 2 heterocycles. The van der Waals surface area contributed by atoms with Gasteiger partial charge in [0.1, 0.15) is 6.61 Å². The van der Waals surface area contributed by atoms with Crippen LogP contribution in [0.3, 0.4) is 0 Å². The van der Waals surface area contributed by atoms with Crippen LogP contribution in [0.4, 0.5) is 0 Å². The van der Waals surface area contributed by atoms with E-state index in [2.05, 4.69) is 17.0 Å². The summed E-state index contributed by atoms with van der Waals surface area (Å²) in [4.78, 5) is 2.36. The molecule has 5 heteroatoms. The van der Waals surface area contributed by atoms with E-state index >= 15 is 0 Å². The van der Waals surface area contributed by atoms with Gasteiger partial charge in [0, 0.05) is 33.4 Å². The third-order valence-electron chi connectivity index (χ3n) is 3.51. The monoisotopic (exact) mass is 254 g/mol. The van der Waals surface area contributed by atoms with Gasteiger partial charge in [0.05, 0.1) is 11.3 Å². The van der Waals surface area contributed by atoms with Crippen molar-refractivity contribution in [2.45, 2.75) is 38.5 Å². The summed E-state index contributed by atoms with van der Waals surface area (Å²) in [5.41, 5.74) is 0.930. The standard InChI is InChI=1S/C13H22N2O3/c1-13(17-3)5-4-6-15(10-13)8-11-7-12(9-16-2)18-14-11/h7H,4-6,8-10H2,1-3H3. The van der Waals surface area contributed by atoms with Crippen LogP contribution in [0.25, 0.3) is 0 Å². The van der Waals surface area contributed by atoms with Gasteiger partial charge in [-0.1, -0.05) is 5.16 Å². The zero-order valence-electron chi connectivity index (χ0n) is 11.4. The summed E-state index contributed by atoms with van der Waals surface area (Å²) in [5.74, 6) is 0.777. The van der Waals surface area contributed by atoms with Gasteiger partial charge < -0.3 is 14.0 Å². The number of rotatable bonds is 5. The Bertz CT molecular complexity index is 380. The smallest absolute Gasteiger partial charge is 0.162 e. The van der Waals surface area contributed by atoms with Gasteiger partial charge in [-0.25, -0.2) is 0 Å². The minimum Gasteiger partial charge on any atom is -0.377 e. The SMILES string of the molecule is COCc1cc(CN2CCCC(C)(OC)C2)no1. The fourth-order valence-electron chi connectivity index (χ4n) is 2.48. The van der Waals surface area contributed by atoms with Crippen molar-refractivity contribution in [3.8, 4) is 0 Å². The largest absolute Gasteiger partial charge is 0.377 e. The van der Waals surface area contributed by atoms with Crippen LogP contribution in [0.1, 0.15) is 31.2 Å². The van der Waals surface area contributed by atoms with Crippen molar-refractivity contribution in [1.29, 1.82) is 0 Å². The van der Waals surface area contributed by atoms with Crippen molar-refractivity contribution in [2.75, 3.05) is 27.3 Å². The van der Waals surface area contributed by atoms with Crippen molar-refractivity contribution >= 4 is 0 Å². The molecule has 1 aromatic rings. The van der Waals surface area contributed by atoms with E-state index in [-0.39, 0.29) is 5.60 Å².